The average molecular weight is 402 g/mol. The molecule has 0 radical (unpaired) electrons. The van der Waals surface area contributed by atoms with Crippen LogP contribution in [0.3, 0.4) is 0 Å². The van der Waals surface area contributed by atoms with Crippen molar-refractivity contribution in [1.29, 1.82) is 0 Å². The molecule has 116 valence electrons. The van der Waals surface area contributed by atoms with Gasteiger partial charge in [0.05, 0.1) is 0 Å². The van der Waals surface area contributed by atoms with Gasteiger partial charge >= 0.3 is 0 Å². The Morgan fingerprint density at radius 1 is 1.43 bits per heavy atom. The molecule has 1 aromatic carbocycles. The van der Waals surface area contributed by atoms with Crippen LogP contribution in [0, 0.1) is 5.92 Å². The molecule has 0 aliphatic heterocycles. The third kappa shape index (κ3) is 6.79. The van der Waals surface area contributed by atoms with E-state index in [2.05, 4.69) is 28.6 Å². The first-order valence-corrected chi connectivity index (χ1v) is 7.10. The molecule has 0 bridgehead atoms. The molecule has 1 saturated carbocycles. The molecule has 0 spiro atoms. The van der Waals surface area contributed by atoms with Crippen LogP contribution >= 0.6 is 24.0 Å². The summed E-state index contributed by atoms with van der Waals surface area (Å²) >= 11 is 0. The van der Waals surface area contributed by atoms with Crippen molar-refractivity contribution in [2.45, 2.75) is 26.2 Å². The maximum atomic E-state index is 11.5. The number of benzene rings is 1. The number of hydrogen-bond acceptors (Lipinski definition) is 2. The summed E-state index contributed by atoms with van der Waals surface area (Å²) in [5.41, 5.74) is 7.89. The van der Waals surface area contributed by atoms with Crippen LogP contribution in [0.1, 0.15) is 25.3 Å². The van der Waals surface area contributed by atoms with Gasteiger partial charge in [-0.2, -0.15) is 0 Å². The third-order valence-corrected chi connectivity index (χ3v) is 3.29. The Labute approximate surface area is 142 Å². The van der Waals surface area contributed by atoms with Gasteiger partial charge in [-0.25, -0.2) is 4.99 Å². The first-order valence-electron chi connectivity index (χ1n) is 7.10. The smallest absolute Gasteiger partial charge is 0.241 e. The Morgan fingerprint density at radius 3 is 2.86 bits per heavy atom. The number of hydrogen-bond donors (Lipinski definition) is 3. The van der Waals surface area contributed by atoms with E-state index in [4.69, 9.17) is 5.73 Å². The van der Waals surface area contributed by atoms with Gasteiger partial charge in [-0.3, -0.25) is 4.79 Å². The number of nitrogens with one attached hydrogen (secondary N) is 2. The molecule has 6 heteroatoms. The van der Waals surface area contributed by atoms with E-state index in [1.165, 1.54) is 18.4 Å². The maximum absolute atomic E-state index is 11.5. The molecule has 1 fully saturated rings. The summed E-state index contributed by atoms with van der Waals surface area (Å²) in [5.74, 6) is 0.860. The molecule has 0 unspecified atom stereocenters. The van der Waals surface area contributed by atoms with Crippen molar-refractivity contribution in [2.75, 3.05) is 18.4 Å². The Balaban J connectivity index is 0.00000220. The molecule has 4 N–H and O–H groups in total. The van der Waals surface area contributed by atoms with Crippen molar-refractivity contribution in [1.82, 2.24) is 5.32 Å². The van der Waals surface area contributed by atoms with Crippen molar-refractivity contribution >= 4 is 41.5 Å². The number of amides is 1. The highest BCUT2D eigenvalue weighted by atomic mass is 127. The summed E-state index contributed by atoms with van der Waals surface area (Å²) in [6.07, 6.45) is 3.41. The largest absolute Gasteiger partial charge is 0.370 e. The lowest BCUT2D eigenvalue weighted by Gasteiger charge is -2.07. The summed E-state index contributed by atoms with van der Waals surface area (Å²) < 4.78 is 0. The summed E-state index contributed by atoms with van der Waals surface area (Å²) in [6.45, 7) is 2.93. The second-order valence-electron chi connectivity index (χ2n) is 5.13. The summed E-state index contributed by atoms with van der Waals surface area (Å²) in [4.78, 5) is 15.6. The third-order valence-electron chi connectivity index (χ3n) is 3.29. The number of guanidine groups is 1. The molecule has 1 amide bonds. The number of rotatable bonds is 6. The molecule has 1 aliphatic carbocycles. The van der Waals surface area contributed by atoms with E-state index in [1.807, 2.05) is 18.2 Å². The Kier molecular flexibility index (Phi) is 7.49. The number of aliphatic imine (C=N–C) groups is 1. The van der Waals surface area contributed by atoms with E-state index < -0.39 is 0 Å². The average Bonchev–Trinajstić information content (AvgIpc) is 3.27. The summed E-state index contributed by atoms with van der Waals surface area (Å²) in [7, 11) is 0. The zero-order valence-electron chi connectivity index (χ0n) is 12.3. The van der Waals surface area contributed by atoms with Crippen LogP contribution in [-0.4, -0.2) is 25.0 Å². The summed E-state index contributed by atoms with van der Waals surface area (Å²) in [6, 6.07) is 7.98. The molecule has 5 nitrogen and oxygen atoms in total. The molecular formula is C15H23IN4O. The topological polar surface area (TPSA) is 79.5 Å². The number of nitrogens with two attached hydrogens (primary N) is 1. The molecule has 2 rings (SSSR count). The Hall–Kier alpha value is -1.31. The fourth-order valence-corrected chi connectivity index (χ4v) is 1.85. The zero-order valence-corrected chi connectivity index (χ0v) is 14.6. The molecule has 0 saturated heterocycles. The van der Waals surface area contributed by atoms with Crippen LogP contribution in [0.2, 0.25) is 0 Å². The molecular weight excluding hydrogens is 379 g/mol. The molecule has 0 aromatic heterocycles. The van der Waals surface area contributed by atoms with Gasteiger partial charge in [0, 0.05) is 12.2 Å². The van der Waals surface area contributed by atoms with Crippen LogP contribution in [0.25, 0.3) is 0 Å². The number of carbonyl (C=O) groups is 1. The lowest BCUT2D eigenvalue weighted by molar-refractivity contribution is -0.119. The van der Waals surface area contributed by atoms with E-state index in [0.717, 1.165) is 18.7 Å². The van der Waals surface area contributed by atoms with Gasteiger partial charge in [0.2, 0.25) is 5.91 Å². The molecule has 1 aliphatic rings. The van der Waals surface area contributed by atoms with E-state index in [9.17, 15) is 4.79 Å². The lowest BCUT2D eigenvalue weighted by atomic mass is 10.1. The minimum absolute atomic E-state index is 0. The molecule has 1 aromatic rings. The maximum Gasteiger partial charge on any atom is 0.241 e. The standard InChI is InChI=1S/C15H22N4O.HI/c1-2-11-4-3-5-13(8-11)19-15(16)18-10-14(20)17-9-12-6-7-12;/h3-5,8,12H,2,6-7,9-10H2,1H3,(H,17,20)(H3,16,18,19);1H. The highest BCUT2D eigenvalue weighted by molar-refractivity contribution is 14.0. The van der Waals surface area contributed by atoms with E-state index in [1.54, 1.807) is 0 Å². The molecule has 21 heavy (non-hydrogen) atoms. The predicted octanol–water partition coefficient (Wildman–Crippen LogP) is 2.12. The van der Waals surface area contributed by atoms with Crippen molar-refractivity contribution < 1.29 is 4.79 Å². The van der Waals surface area contributed by atoms with Gasteiger partial charge in [-0.05, 0) is 42.9 Å². The van der Waals surface area contributed by atoms with Crippen LogP contribution in [-0.2, 0) is 11.2 Å². The fraction of sp³-hybridized carbons (Fsp3) is 0.467. The van der Waals surface area contributed by atoms with Crippen molar-refractivity contribution in [2.24, 2.45) is 16.6 Å². The van der Waals surface area contributed by atoms with Gasteiger partial charge in [-0.15, -0.1) is 24.0 Å². The highest BCUT2D eigenvalue weighted by Crippen LogP contribution is 2.27. The van der Waals surface area contributed by atoms with Crippen LogP contribution in [0.4, 0.5) is 5.69 Å². The Bertz CT molecular complexity index is 500. The van der Waals surface area contributed by atoms with Gasteiger partial charge in [0.15, 0.2) is 5.96 Å². The lowest BCUT2D eigenvalue weighted by Crippen LogP contribution is -2.30. The molecule has 0 heterocycles. The van der Waals surface area contributed by atoms with Crippen molar-refractivity contribution in [3.63, 3.8) is 0 Å². The quantitative estimate of drug-likeness (QED) is 0.388. The van der Waals surface area contributed by atoms with Gasteiger partial charge in [0.1, 0.15) is 6.54 Å². The number of anilines is 1. The van der Waals surface area contributed by atoms with Gasteiger partial charge in [-0.1, -0.05) is 19.1 Å². The van der Waals surface area contributed by atoms with E-state index in [0.29, 0.717) is 5.92 Å². The first kappa shape index (κ1) is 17.7. The number of halogens is 1. The first-order chi connectivity index (χ1) is 9.67. The van der Waals surface area contributed by atoms with Gasteiger partial charge < -0.3 is 16.4 Å². The Morgan fingerprint density at radius 2 is 2.19 bits per heavy atom. The van der Waals surface area contributed by atoms with Crippen LogP contribution in [0.5, 0.6) is 0 Å². The van der Waals surface area contributed by atoms with Crippen molar-refractivity contribution in [3.05, 3.63) is 29.8 Å². The van der Waals surface area contributed by atoms with E-state index >= 15 is 0 Å². The monoisotopic (exact) mass is 402 g/mol. The second-order valence-corrected chi connectivity index (χ2v) is 5.13. The minimum Gasteiger partial charge on any atom is -0.370 e. The van der Waals surface area contributed by atoms with Gasteiger partial charge in [0.25, 0.3) is 0 Å². The normalized spacial score (nSPS) is 14.2. The zero-order chi connectivity index (χ0) is 14.4. The van der Waals surface area contributed by atoms with E-state index in [-0.39, 0.29) is 42.4 Å². The highest BCUT2D eigenvalue weighted by Gasteiger charge is 2.21. The fourth-order valence-electron chi connectivity index (χ4n) is 1.85. The number of nitrogens with zero attached hydrogens (tertiary/aromatic N) is 1. The minimum atomic E-state index is -0.0797. The number of carbonyl (C=O) groups excluding carboxylic acids is 1. The number of aryl methyl sites for hydroxylation is 1. The second kappa shape index (κ2) is 8.86. The van der Waals surface area contributed by atoms with Crippen molar-refractivity contribution in [3.8, 4) is 0 Å². The van der Waals surface area contributed by atoms with Crippen LogP contribution < -0.4 is 16.4 Å². The molecule has 0 atom stereocenters. The van der Waals surface area contributed by atoms with Crippen LogP contribution in [0.15, 0.2) is 29.3 Å². The summed E-state index contributed by atoms with van der Waals surface area (Å²) in [5, 5.41) is 5.85. The predicted molar refractivity (Wildman–Crippen MR) is 97.1 cm³/mol. The SMILES string of the molecule is CCc1cccc(NC(N)=NCC(=O)NCC2CC2)c1.I.